The summed E-state index contributed by atoms with van der Waals surface area (Å²) in [5.74, 6) is 0.677. The normalized spacial score (nSPS) is 10.7. The fraction of sp³-hybridized carbons (Fsp3) is 0.333. The maximum absolute atomic E-state index is 11.9. The molecule has 7 heteroatoms. The average Bonchev–Trinajstić information content (AvgIpc) is 2.65. The molecular formula is C9H10IN5O. The Balaban J connectivity index is 2.42. The number of hydrogen-bond acceptors (Lipinski definition) is 4. The summed E-state index contributed by atoms with van der Waals surface area (Å²) in [6, 6.07) is 0. The predicted molar refractivity (Wildman–Crippen MR) is 66.1 cm³/mol. The zero-order valence-electron chi connectivity index (χ0n) is 8.88. The lowest BCUT2D eigenvalue weighted by molar-refractivity contribution is 0.675. The third-order valence-electron chi connectivity index (χ3n) is 2.18. The predicted octanol–water partition coefficient (Wildman–Crippen LogP) is 0.333. The smallest absolute Gasteiger partial charge is 0.267 e. The van der Waals surface area contributed by atoms with Gasteiger partial charge in [0.15, 0.2) is 0 Å². The number of nitrogens with zero attached hydrogens (tertiary/aromatic N) is 5. The summed E-state index contributed by atoms with van der Waals surface area (Å²) >= 11 is 1.98. The van der Waals surface area contributed by atoms with Gasteiger partial charge in [-0.05, 0) is 29.5 Å². The molecular weight excluding hydrogens is 321 g/mol. The molecule has 0 unspecified atom stereocenters. The summed E-state index contributed by atoms with van der Waals surface area (Å²) in [6.45, 7) is 2.20. The lowest BCUT2D eigenvalue weighted by Gasteiger charge is -2.06. The van der Waals surface area contributed by atoms with Gasteiger partial charge in [-0.25, -0.2) is 4.98 Å². The van der Waals surface area contributed by atoms with E-state index in [1.54, 1.807) is 35.6 Å². The van der Waals surface area contributed by atoms with Crippen molar-refractivity contribution in [3.05, 3.63) is 37.8 Å². The van der Waals surface area contributed by atoms with Crippen LogP contribution in [0.3, 0.4) is 0 Å². The quantitative estimate of drug-likeness (QED) is 0.744. The monoisotopic (exact) mass is 331 g/mol. The minimum Gasteiger partial charge on any atom is -0.290 e. The highest BCUT2D eigenvalue weighted by Crippen LogP contribution is 2.00. The van der Waals surface area contributed by atoms with Gasteiger partial charge < -0.3 is 0 Å². The lowest BCUT2D eigenvalue weighted by Crippen LogP contribution is -2.26. The van der Waals surface area contributed by atoms with E-state index in [0.717, 1.165) is 5.69 Å². The van der Waals surface area contributed by atoms with Crippen LogP contribution in [0.2, 0.25) is 0 Å². The first-order valence-corrected chi connectivity index (χ1v) is 5.73. The van der Waals surface area contributed by atoms with Gasteiger partial charge in [0.25, 0.3) is 5.56 Å². The molecule has 6 nitrogen and oxygen atoms in total. The van der Waals surface area contributed by atoms with E-state index in [1.165, 1.54) is 0 Å². The van der Waals surface area contributed by atoms with Gasteiger partial charge in [0, 0.05) is 19.4 Å². The van der Waals surface area contributed by atoms with Crippen molar-refractivity contribution in [1.29, 1.82) is 0 Å². The first kappa shape index (κ1) is 11.2. The van der Waals surface area contributed by atoms with E-state index in [4.69, 9.17) is 0 Å². The van der Waals surface area contributed by atoms with Crippen LogP contribution in [0.5, 0.6) is 0 Å². The average molecular weight is 331 g/mol. The van der Waals surface area contributed by atoms with Crippen molar-refractivity contribution in [2.45, 2.75) is 13.5 Å². The minimum absolute atomic E-state index is 0.0428. The van der Waals surface area contributed by atoms with E-state index in [1.807, 2.05) is 22.6 Å². The van der Waals surface area contributed by atoms with Gasteiger partial charge in [0.1, 0.15) is 11.5 Å². The molecule has 0 aliphatic heterocycles. The molecule has 0 saturated carbocycles. The second-order valence-corrected chi connectivity index (χ2v) is 4.59. The molecule has 0 aliphatic rings. The molecule has 0 amide bonds. The Hall–Kier alpha value is -1.25. The molecule has 0 radical (unpaired) electrons. The van der Waals surface area contributed by atoms with Crippen LogP contribution in [-0.4, -0.2) is 24.5 Å². The van der Waals surface area contributed by atoms with Crippen molar-refractivity contribution in [2.24, 2.45) is 7.05 Å². The summed E-state index contributed by atoms with van der Waals surface area (Å²) < 4.78 is 3.80. The first-order chi connectivity index (χ1) is 7.58. The molecule has 0 spiro atoms. The van der Waals surface area contributed by atoms with Crippen molar-refractivity contribution < 1.29 is 0 Å². The molecule has 0 fully saturated rings. The molecule has 16 heavy (non-hydrogen) atoms. The zero-order chi connectivity index (χ0) is 11.7. The maximum Gasteiger partial charge on any atom is 0.267 e. The minimum atomic E-state index is -0.0428. The highest BCUT2D eigenvalue weighted by Gasteiger charge is 2.07. The topological polar surface area (TPSA) is 65.6 Å². The Labute approximate surface area is 105 Å². The van der Waals surface area contributed by atoms with Crippen molar-refractivity contribution in [1.82, 2.24) is 24.5 Å². The molecule has 84 valence electrons. The van der Waals surface area contributed by atoms with Gasteiger partial charge in [0.05, 0.1) is 10.1 Å². The SMILES string of the molecule is Cc1ncc(I)c(=O)n1Cc1cn(C)nn1. The Morgan fingerprint density at radius 3 is 2.88 bits per heavy atom. The second kappa shape index (κ2) is 4.32. The van der Waals surface area contributed by atoms with Crippen molar-refractivity contribution in [2.75, 3.05) is 0 Å². The molecule has 0 atom stereocenters. The molecule has 2 rings (SSSR count). The summed E-state index contributed by atoms with van der Waals surface area (Å²) in [7, 11) is 1.79. The molecule has 0 aliphatic carbocycles. The van der Waals surface area contributed by atoms with Crippen LogP contribution in [0.15, 0.2) is 17.2 Å². The van der Waals surface area contributed by atoms with Crippen LogP contribution in [0.25, 0.3) is 0 Å². The van der Waals surface area contributed by atoms with Gasteiger partial charge >= 0.3 is 0 Å². The Kier molecular flexibility index (Phi) is 3.03. The van der Waals surface area contributed by atoms with Gasteiger partial charge in [0.2, 0.25) is 0 Å². The van der Waals surface area contributed by atoms with Gasteiger partial charge in [-0.3, -0.25) is 14.0 Å². The highest BCUT2D eigenvalue weighted by atomic mass is 127. The van der Waals surface area contributed by atoms with E-state index in [-0.39, 0.29) is 5.56 Å². The van der Waals surface area contributed by atoms with Crippen LogP contribution < -0.4 is 5.56 Å². The lowest BCUT2D eigenvalue weighted by atomic mass is 10.4. The number of aryl methyl sites for hydroxylation is 2. The third-order valence-corrected chi connectivity index (χ3v) is 2.91. The fourth-order valence-corrected chi connectivity index (χ4v) is 1.80. The Morgan fingerprint density at radius 1 is 1.50 bits per heavy atom. The van der Waals surface area contributed by atoms with Gasteiger partial charge in [-0.15, -0.1) is 5.10 Å². The molecule has 0 N–H and O–H groups in total. The van der Waals surface area contributed by atoms with E-state index in [0.29, 0.717) is 15.9 Å². The summed E-state index contributed by atoms with van der Waals surface area (Å²) in [6.07, 6.45) is 3.36. The summed E-state index contributed by atoms with van der Waals surface area (Å²) in [4.78, 5) is 16.0. The van der Waals surface area contributed by atoms with Crippen LogP contribution in [0.4, 0.5) is 0 Å². The summed E-state index contributed by atoms with van der Waals surface area (Å²) in [5, 5.41) is 7.77. The molecule has 0 saturated heterocycles. The van der Waals surface area contributed by atoms with E-state index in [2.05, 4.69) is 15.3 Å². The number of rotatable bonds is 2. The van der Waals surface area contributed by atoms with Crippen LogP contribution >= 0.6 is 22.6 Å². The molecule has 2 aromatic heterocycles. The van der Waals surface area contributed by atoms with Crippen molar-refractivity contribution in [3.8, 4) is 0 Å². The van der Waals surface area contributed by atoms with E-state index >= 15 is 0 Å². The summed E-state index contributed by atoms with van der Waals surface area (Å²) in [5.41, 5.74) is 0.704. The first-order valence-electron chi connectivity index (χ1n) is 4.65. The highest BCUT2D eigenvalue weighted by molar-refractivity contribution is 14.1. The van der Waals surface area contributed by atoms with Gasteiger partial charge in [-0.1, -0.05) is 5.21 Å². The van der Waals surface area contributed by atoms with Crippen molar-refractivity contribution >= 4 is 22.6 Å². The molecule has 0 bridgehead atoms. The number of aromatic nitrogens is 5. The standard InChI is InChI=1S/C9H10IN5O/c1-6-11-3-8(10)9(16)15(6)5-7-4-14(2)13-12-7/h3-4H,5H2,1-2H3. The fourth-order valence-electron chi connectivity index (χ4n) is 1.37. The van der Waals surface area contributed by atoms with Crippen LogP contribution in [0.1, 0.15) is 11.5 Å². The molecule has 2 aromatic rings. The molecule has 2 heterocycles. The third kappa shape index (κ3) is 2.13. The Bertz CT molecular complexity index is 574. The van der Waals surface area contributed by atoms with Crippen LogP contribution in [0, 0.1) is 10.5 Å². The number of halogens is 1. The molecule has 0 aromatic carbocycles. The zero-order valence-corrected chi connectivity index (χ0v) is 11.0. The Morgan fingerprint density at radius 2 is 2.25 bits per heavy atom. The maximum atomic E-state index is 11.9. The number of hydrogen-bond donors (Lipinski definition) is 0. The van der Waals surface area contributed by atoms with E-state index in [9.17, 15) is 4.79 Å². The van der Waals surface area contributed by atoms with Crippen molar-refractivity contribution in [3.63, 3.8) is 0 Å². The van der Waals surface area contributed by atoms with Crippen LogP contribution in [-0.2, 0) is 13.6 Å². The second-order valence-electron chi connectivity index (χ2n) is 3.43. The van der Waals surface area contributed by atoms with E-state index < -0.39 is 0 Å². The van der Waals surface area contributed by atoms with Gasteiger partial charge in [-0.2, -0.15) is 0 Å². The largest absolute Gasteiger partial charge is 0.290 e.